The Hall–Kier alpha value is -0.650. The van der Waals surface area contributed by atoms with Crippen molar-refractivity contribution in [1.29, 1.82) is 0 Å². The van der Waals surface area contributed by atoms with Gasteiger partial charge in [-0.2, -0.15) is 0 Å². The van der Waals surface area contributed by atoms with Crippen LogP contribution in [0.2, 0.25) is 0 Å². The average Bonchev–Trinajstić information content (AvgIpc) is 3.19. The summed E-state index contributed by atoms with van der Waals surface area (Å²) in [6.07, 6.45) is 3.83. The molecule has 1 fully saturated rings. The quantitative estimate of drug-likeness (QED) is 0.495. The number of rotatable bonds is 10. The average molecular weight is 301 g/mol. The summed E-state index contributed by atoms with van der Waals surface area (Å²) < 4.78 is 16.1. The number of ether oxygens (including phenoxy) is 3. The molecule has 1 rings (SSSR count). The third-order valence-corrected chi connectivity index (χ3v) is 3.46. The first-order valence-electron chi connectivity index (χ1n) is 7.85. The molecule has 0 radical (unpaired) electrons. The second kappa shape index (κ2) is 8.11. The van der Waals surface area contributed by atoms with Crippen LogP contribution in [0.4, 0.5) is 0 Å². The van der Waals surface area contributed by atoms with Crippen LogP contribution in [-0.2, 0) is 19.0 Å². The maximum atomic E-state index is 11.9. The molecule has 1 aliphatic carbocycles. The van der Waals surface area contributed by atoms with Gasteiger partial charge in [0, 0.05) is 12.6 Å². The van der Waals surface area contributed by atoms with Crippen LogP contribution in [0.5, 0.6) is 0 Å². The first-order valence-corrected chi connectivity index (χ1v) is 7.85. The van der Waals surface area contributed by atoms with Crippen LogP contribution in [0.25, 0.3) is 0 Å². The molecule has 1 N–H and O–H groups in total. The standard InChI is InChI=1S/C16H31NO4/c1-15(2,3)21-12-11-20-10-6-9-16(4,14(18)19-5)17-13-7-8-13/h13,17H,6-12H2,1-5H3. The highest BCUT2D eigenvalue weighted by atomic mass is 16.5. The second-order valence-corrected chi connectivity index (χ2v) is 6.92. The zero-order valence-electron chi connectivity index (χ0n) is 14.2. The van der Waals surface area contributed by atoms with Crippen molar-refractivity contribution >= 4 is 5.97 Å². The molecule has 0 bridgehead atoms. The highest BCUT2D eigenvalue weighted by molar-refractivity contribution is 5.80. The largest absolute Gasteiger partial charge is 0.468 e. The van der Waals surface area contributed by atoms with Gasteiger partial charge in [0.1, 0.15) is 5.54 Å². The molecule has 1 aliphatic rings. The third kappa shape index (κ3) is 7.79. The molecule has 0 amide bonds. The lowest BCUT2D eigenvalue weighted by Gasteiger charge is -2.28. The topological polar surface area (TPSA) is 56.8 Å². The SMILES string of the molecule is COC(=O)C(C)(CCCOCCOC(C)(C)C)NC1CC1. The van der Waals surface area contributed by atoms with Crippen LogP contribution in [0.3, 0.4) is 0 Å². The van der Waals surface area contributed by atoms with E-state index in [1.165, 1.54) is 7.11 Å². The van der Waals surface area contributed by atoms with Gasteiger partial charge in [0.2, 0.25) is 0 Å². The van der Waals surface area contributed by atoms with Gasteiger partial charge >= 0.3 is 5.97 Å². The fourth-order valence-corrected chi connectivity index (χ4v) is 2.17. The van der Waals surface area contributed by atoms with E-state index >= 15 is 0 Å². The molecular weight excluding hydrogens is 270 g/mol. The first kappa shape index (κ1) is 18.4. The highest BCUT2D eigenvalue weighted by Crippen LogP contribution is 2.25. The van der Waals surface area contributed by atoms with Gasteiger partial charge in [-0.15, -0.1) is 0 Å². The van der Waals surface area contributed by atoms with Gasteiger partial charge in [0.15, 0.2) is 0 Å². The van der Waals surface area contributed by atoms with Gasteiger partial charge < -0.3 is 14.2 Å². The minimum absolute atomic E-state index is 0.124. The van der Waals surface area contributed by atoms with Crippen molar-refractivity contribution in [2.45, 2.75) is 70.6 Å². The Kier molecular flexibility index (Phi) is 7.10. The molecule has 5 nitrogen and oxygen atoms in total. The molecule has 0 aromatic carbocycles. The van der Waals surface area contributed by atoms with E-state index in [9.17, 15) is 4.79 Å². The first-order chi connectivity index (χ1) is 9.77. The molecular formula is C16H31NO4. The van der Waals surface area contributed by atoms with Crippen LogP contribution in [0.1, 0.15) is 53.4 Å². The van der Waals surface area contributed by atoms with Crippen LogP contribution >= 0.6 is 0 Å². The predicted molar refractivity (Wildman–Crippen MR) is 82.3 cm³/mol. The van der Waals surface area contributed by atoms with E-state index in [-0.39, 0.29) is 11.6 Å². The van der Waals surface area contributed by atoms with Crippen molar-refractivity contribution in [2.75, 3.05) is 26.9 Å². The monoisotopic (exact) mass is 301 g/mol. The van der Waals surface area contributed by atoms with Gasteiger partial charge in [-0.05, 0) is 53.4 Å². The summed E-state index contributed by atoms with van der Waals surface area (Å²) in [6, 6.07) is 0.468. The normalized spacial score (nSPS) is 18.3. The number of hydrogen-bond acceptors (Lipinski definition) is 5. The van der Waals surface area contributed by atoms with Gasteiger partial charge in [-0.3, -0.25) is 10.1 Å². The van der Waals surface area contributed by atoms with Crippen molar-refractivity contribution in [1.82, 2.24) is 5.32 Å². The van der Waals surface area contributed by atoms with E-state index < -0.39 is 5.54 Å². The highest BCUT2D eigenvalue weighted by Gasteiger charge is 2.38. The molecule has 124 valence electrons. The summed E-state index contributed by atoms with van der Waals surface area (Å²) in [5, 5.41) is 3.39. The Morgan fingerprint density at radius 1 is 1.14 bits per heavy atom. The second-order valence-electron chi connectivity index (χ2n) is 6.92. The molecule has 0 heterocycles. The van der Waals surface area contributed by atoms with Gasteiger partial charge in [0.05, 0.1) is 25.9 Å². The molecule has 0 aliphatic heterocycles. The molecule has 1 saturated carbocycles. The number of esters is 1. The molecule has 5 heteroatoms. The van der Waals surface area contributed by atoms with E-state index in [0.717, 1.165) is 25.7 Å². The molecule has 0 aromatic heterocycles. The molecule has 21 heavy (non-hydrogen) atoms. The van der Waals surface area contributed by atoms with Gasteiger partial charge in [0.25, 0.3) is 0 Å². The van der Waals surface area contributed by atoms with E-state index in [1.54, 1.807) is 0 Å². The zero-order chi connectivity index (χ0) is 15.9. The predicted octanol–water partition coefficient (Wildman–Crippen LogP) is 2.28. The Labute approximate surface area is 128 Å². The van der Waals surface area contributed by atoms with Crippen molar-refractivity contribution < 1.29 is 19.0 Å². The van der Waals surface area contributed by atoms with Crippen molar-refractivity contribution in [3.8, 4) is 0 Å². The van der Waals surface area contributed by atoms with Crippen LogP contribution in [0.15, 0.2) is 0 Å². The van der Waals surface area contributed by atoms with E-state index in [2.05, 4.69) is 5.32 Å². The summed E-state index contributed by atoms with van der Waals surface area (Å²) in [5.74, 6) is -0.189. The minimum Gasteiger partial charge on any atom is -0.468 e. The van der Waals surface area contributed by atoms with Gasteiger partial charge in [-0.25, -0.2) is 0 Å². The molecule has 0 saturated heterocycles. The maximum absolute atomic E-state index is 11.9. The third-order valence-electron chi connectivity index (χ3n) is 3.46. The molecule has 0 spiro atoms. The minimum atomic E-state index is -0.596. The summed E-state index contributed by atoms with van der Waals surface area (Å²) in [7, 11) is 1.44. The number of nitrogens with one attached hydrogen (secondary N) is 1. The Morgan fingerprint density at radius 2 is 1.81 bits per heavy atom. The van der Waals surface area contributed by atoms with Crippen molar-refractivity contribution in [2.24, 2.45) is 0 Å². The van der Waals surface area contributed by atoms with Gasteiger partial charge in [-0.1, -0.05) is 0 Å². The molecule has 1 unspecified atom stereocenters. The number of carbonyl (C=O) groups excluding carboxylic acids is 1. The van der Waals surface area contributed by atoms with E-state index in [0.29, 0.717) is 25.9 Å². The number of hydrogen-bond donors (Lipinski definition) is 1. The summed E-state index contributed by atoms with van der Waals surface area (Å²) in [6.45, 7) is 9.81. The fourth-order valence-electron chi connectivity index (χ4n) is 2.17. The summed E-state index contributed by atoms with van der Waals surface area (Å²) >= 11 is 0. The van der Waals surface area contributed by atoms with Crippen molar-refractivity contribution in [3.63, 3.8) is 0 Å². The summed E-state index contributed by atoms with van der Waals surface area (Å²) in [4.78, 5) is 11.9. The van der Waals surface area contributed by atoms with E-state index in [1.807, 2.05) is 27.7 Å². The lowest BCUT2D eigenvalue weighted by Crippen LogP contribution is -2.51. The van der Waals surface area contributed by atoms with Crippen LogP contribution < -0.4 is 5.32 Å². The zero-order valence-corrected chi connectivity index (χ0v) is 14.2. The smallest absolute Gasteiger partial charge is 0.325 e. The lowest BCUT2D eigenvalue weighted by atomic mass is 9.96. The Bertz CT molecular complexity index is 323. The van der Waals surface area contributed by atoms with Crippen LogP contribution in [-0.4, -0.2) is 50.1 Å². The fraction of sp³-hybridized carbons (Fsp3) is 0.938. The number of methoxy groups -OCH3 is 1. The molecule has 0 aromatic rings. The van der Waals surface area contributed by atoms with E-state index in [4.69, 9.17) is 14.2 Å². The Balaban J connectivity index is 2.17. The number of carbonyl (C=O) groups is 1. The Morgan fingerprint density at radius 3 is 2.33 bits per heavy atom. The van der Waals surface area contributed by atoms with Crippen molar-refractivity contribution in [3.05, 3.63) is 0 Å². The molecule has 1 atom stereocenters. The lowest BCUT2D eigenvalue weighted by molar-refractivity contribution is -0.148. The summed E-state index contributed by atoms with van der Waals surface area (Å²) in [5.41, 5.74) is -0.720. The van der Waals surface area contributed by atoms with Crippen LogP contribution in [0, 0.1) is 0 Å². The maximum Gasteiger partial charge on any atom is 0.325 e.